The van der Waals surface area contributed by atoms with E-state index in [0.29, 0.717) is 78.2 Å². The van der Waals surface area contributed by atoms with Crippen molar-refractivity contribution in [1.29, 1.82) is 0 Å². The van der Waals surface area contributed by atoms with Gasteiger partial charge in [0, 0.05) is 83.1 Å². The number of carbonyl (C=O) groups is 4. The third kappa shape index (κ3) is 9.76. The van der Waals surface area contributed by atoms with Crippen LogP contribution < -0.4 is 5.32 Å². The maximum absolute atomic E-state index is 14.0. The molecular formula is C39H51F3N6O6. The molecular weight excluding hydrogens is 705 g/mol. The predicted octanol–water partition coefficient (Wildman–Crippen LogP) is 5.85. The summed E-state index contributed by atoms with van der Waals surface area (Å²) in [6, 6.07) is 12.4. The van der Waals surface area contributed by atoms with Crippen LogP contribution in [0.1, 0.15) is 63.1 Å². The number of nitrogens with one attached hydrogen (secondary N) is 1. The molecule has 0 unspecified atom stereocenters. The number of fused-ring (bicyclic) bond motifs is 1. The Morgan fingerprint density at radius 2 is 1.41 bits per heavy atom. The van der Waals surface area contributed by atoms with Crippen LogP contribution in [0.25, 0.3) is 0 Å². The van der Waals surface area contributed by atoms with Gasteiger partial charge in [-0.2, -0.15) is 13.2 Å². The molecule has 0 bridgehead atoms. The number of carbonyl (C=O) groups excluding carboxylic acids is 4. The smallest absolute Gasteiger partial charge is 0.416 e. The number of halogens is 3. The van der Waals surface area contributed by atoms with Crippen molar-refractivity contribution in [3.05, 3.63) is 65.2 Å². The van der Waals surface area contributed by atoms with Gasteiger partial charge in [0.1, 0.15) is 5.60 Å². The molecule has 4 aliphatic rings. The Labute approximate surface area is 314 Å². The van der Waals surface area contributed by atoms with Crippen LogP contribution in [0.2, 0.25) is 0 Å². The van der Waals surface area contributed by atoms with E-state index in [1.807, 2.05) is 49.9 Å². The molecule has 0 aliphatic carbocycles. The van der Waals surface area contributed by atoms with E-state index >= 15 is 0 Å². The standard InChI is InChI=1S/C39H51F3N6O6/c1-38(2,3)54-37(52)47-16-12-30(13-17-47)44-21-23-45(24-22-44)34(49)33(26-27-7-6-9-29(25-27)39(40,41)42)53-36(51)46-18-14-31(15-19-46)48-20-11-28-8-4-5-10-32(28)43-35(48)50/h4-10,25,30-31,33H,11-24,26H2,1-3H3,(H,43,50)/t33-/m1/s1. The monoisotopic (exact) mass is 756 g/mol. The molecule has 3 fully saturated rings. The summed E-state index contributed by atoms with van der Waals surface area (Å²) in [6.45, 7) is 9.71. The lowest BCUT2D eigenvalue weighted by Crippen LogP contribution is -2.57. The molecule has 1 atom stereocenters. The molecule has 4 heterocycles. The Bertz CT molecular complexity index is 1660. The zero-order chi connectivity index (χ0) is 38.6. The van der Waals surface area contributed by atoms with E-state index in [2.05, 4.69) is 10.2 Å². The highest BCUT2D eigenvalue weighted by atomic mass is 19.4. The summed E-state index contributed by atoms with van der Waals surface area (Å²) in [5.74, 6) is -0.448. The largest absolute Gasteiger partial charge is 0.444 e. The van der Waals surface area contributed by atoms with E-state index < -0.39 is 35.4 Å². The topological polar surface area (TPSA) is 115 Å². The molecule has 0 aromatic heterocycles. The van der Waals surface area contributed by atoms with Crippen molar-refractivity contribution in [2.75, 3.05) is 64.2 Å². The van der Waals surface area contributed by atoms with Crippen molar-refractivity contribution >= 4 is 29.8 Å². The fourth-order valence-electron chi connectivity index (χ4n) is 7.81. The van der Waals surface area contributed by atoms with E-state index in [1.165, 1.54) is 17.0 Å². The maximum Gasteiger partial charge on any atom is 0.416 e. The van der Waals surface area contributed by atoms with E-state index in [0.717, 1.165) is 36.2 Å². The molecule has 294 valence electrons. The number of piperidine rings is 2. The van der Waals surface area contributed by atoms with Gasteiger partial charge in [0.25, 0.3) is 5.91 Å². The maximum atomic E-state index is 14.0. The number of ether oxygens (including phenoxy) is 2. The van der Waals surface area contributed by atoms with Gasteiger partial charge in [0.2, 0.25) is 0 Å². The summed E-state index contributed by atoms with van der Waals surface area (Å²) in [5.41, 5.74) is 0.684. The number of benzene rings is 2. The molecule has 54 heavy (non-hydrogen) atoms. The highest BCUT2D eigenvalue weighted by molar-refractivity contribution is 5.91. The van der Waals surface area contributed by atoms with Gasteiger partial charge in [-0.05, 0) is 76.1 Å². The lowest BCUT2D eigenvalue weighted by atomic mass is 10.0. The number of piperazine rings is 1. The fraction of sp³-hybridized carbons (Fsp3) is 0.590. The first-order chi connectivity index (χ1) is 25.6. The number of amides is 5. The van der Waals surface area contributed by atoms with Gasteiger partial charge < -0.3 is 34.4 Å². The number of urea groups is 1. The highest BCUT2D eigenvalue weighted by Crippen LogP contribution is 2.31. The van der Waals surface area contributed by atoms with Crippen molar-refractivity contribution in [2.45, 2.75) is 89.3 Å². The van der Waals surface area contributed by atoms with E-state index in [9.17, 15) is 32.3 Å². The number of hydrogen-bond donors (Lipinski definition) is 1. The molecule has 2 aromatic carbocycles. The molecule has 15 heteroatoms. The zero-order valence-electron chi connectivity index (χ0n) is 31.3. The molecule has 12 nitrogen and oxygen atoms in total. The molecule has 0 saturated carbocycles. The summed E-state index contributed by atoms with van der Waals surface area (Å²) in [6.07, 6.45) is -3.83. The number of anilines is 1. The van der Waals surface area contributed by atoms with Crippen LogP contribution in [0.15, 0.2) is 48.5 Å². The molecule has 4 aliphatic heterocycles. The number of rotatable bonds is 6. The second kappa shape index (κ2) is 16.5. The number of para-hydroxylation sites is 1. The summed E-state index contributed by atoms with van der Waals surface area (Å²) in [7, 11) is 0. The SMILES string of the molecule is CC(C)(C)OC(=O)N1CCC(N2CCN(C(=O)[C@@H](Cc3cccc(C(F)(F)F)c3)OC(=O)N3CCC(N4CCc5ccccc5NC4=O)CC3)CC2)CC1. The van der Waals surface area contributed by atoms with Gasteiger partial charge in [-0.3, -0.25) is 9.69 Å². The summed E-state index contributed by atoms with van der Waals surface area (Å²) in [5, 5.41) is 2.99. The zero-order valence-corrected chi connectivity index (χ0v) is 31.3. The average Bonchev–Trinajstić information content (AvgIpc) is 3.31. The second-order valence-corrected chi connectivity index (χ2v) is 15.6. The average molecular weight is 757 g/mol. The van der Waals surface area contributed by atoms with Crippen molar-refractivity contribution in [1.82, 2.24) is 24.5 Å². The van der Waals surface area contributed by atoms with Gasteiger partial charge in [0.15, 0.2) is 6.10 Å². The van der Waals surface area contributed by atoms with Gasteiger partial charge in [-0.1, -0.05) is 36.4 Å². The highest BCUT2D eigenvalue weighted by Gasteiger charge is 2.38. The lowest BCUT2D eigenvalue weighted by Gasteiger charge is -2.43. The lowest BCUT2D eigenvalue weighted by molar-refractivity contribution is -0.143. The van der Waals surface area contributed by atoms with Crippen LogP contribution in [0, 0.1) is 0 Å². The number of hydrogen-bond acceptors (Lipinski definition) is 7. The van der Waals surface area contributed by atoms with Crippen molar-refractivity contribution < 1.29 is 41.8 Å². The van der Waals surface area contributed by atoms with Crippen molar-refractivity contribution in [3.63, 3.8) is 0 Å². The minimum atomic E-state index is -4.57. The Hall–Kier alpha value is -4.53. The van der Waals surface area contributed by atoms with Crippen molar-refractivity contribution in [2.24, 2.45) is 0 Å². The summed E-state index contributed by atoms with van der Waals surface area (Å²) >= 11 is 0. The van der Waals surface area contributed by atoms with Crippen molar-refractivity contribution in [3.8, 4) is 0 Å². The Morgan fingerprint density at radius 1 is 0.778 bits per heavy atom. The molecule has 6 rings (SSSR count). The van der Waals surface area contributed by atoms with Crippen LogP contribution in [0.3, 0.4) is 0 Å². The first-order valence-corrected chi connectivity index (χ1v) is 18.9. The van der Waals surface area contributed by atoms with E-state index in [4.69, 9.17) is 9.47 Å². The normalized spacial score (nSPS) is 20.1. The van der Waals surface area contributed by atoms with Gasteiger partial charge in [-0.25, -0.2) is 14.4 Å². The molecule has 1 N–H and O–H groups in total. The molecule has 5 amide bonds. The molecule has 0 radical (unpaired) electrons. The van der Waals surface area contributed by atoms with Gasteiger partial charge >= 0.3 is 24.4 Å². The van der Waals surface area contributed by atoms with Crippen LogP contribution in [0.5, 0.6) is 0 Å². The van der Waals surface area contributed by atoms with Gasteiger partial charge in [-0.15, -0.1) is 0 Å². The van der Waals surface area contributed by atoms with E-state index in [-0.39, 0.29) is 36.2 Å². The van der Waals surface area contributed by atoms with Crippen LogP contribution in [-0.2, 0) is 33.3 Å². The number of likely N-dealkylation sites (tertiary alicyclic amines) is 2. The number of nitrogens with zero attached hydrogens (tertiary/aromatic N) is 5. The first kappa shape index (κ1) is 39.2. The third-order valence-corrected chi connectivity index (χ3v) is 10.8. The Kier molecular flexibility index (Phi) is 11.9. The second-order valence-electron chi connectivity index (χ2n) is 15.6. The van der Waals surface area contributed by atoms with E-state index in [1.54, 1.807) is 9.80 Å². The third-order valence-electron chi connectivity index (χ3n) is 10.8. The molecule has 3 saturated heterocycles. The first-order valence-electron chi connectivity index (χ1n) is 18.9. The molecule has 0 spiro atoms. The van der Waals surface area contributed by atoms with Crippen LogP contribution in [-0.4, -0.2) is 131 Å². The summed E-state index contributed by atoms with van der Waals surface area (Å²) in [4.78, 5) is 62.2. The van der Waals surface area contributed by atoms with Gasteiger partial charge in [0.05, 0.1) is 5.56 Å². The Morgan fingerprint density at radius 3 is 2.06 bits per heavy atom. The Balaban J connectivity index is 1.06. The predicted molar refractivity (Wildman–Crippen MR) is 195 cm³/mol. The van der Waals surface area contributed by atoms with Crippen LogP contribution >= 0.6 is 0 Å². The quantitative estimate of drug-likeness (QED) is 0.394. The van der Waals surface area contributed by atoms with Crippen LogP contribution in [0.4, 0.5) is 33.2 Å². The molecule has 2 aromatic rings. The fourth-order valence-corrected chi connectivity index (χ4v) is 7.81. The number of alkyl halides is 3. The minimum Gasteiger partial charge on any atom is -0.444 e. The minimum absolute atomic E-state index is 0.0910. The summed E-state index contributed by atoms with van der Waals surface area (Å²) < 4.78 is 52.1.